The van der Waals surface area contributed by atoms with E-state index in [1.54, 1.807) is 6.07 Å². The van der Waals surface area contributed by atoms with E-state index in [-0.39, 0.29) is 12.2 Å². The summed E-state index contributed by atoms with van der Waals surface area (Å²) in [4.78, 5) is 12.8. The second kappa shape index (κ2) is 9.49. The molecule has 1 spiro atoms. The third kappa shape index (κ3) is 4.65. The topological polar surface area (TPSA) is 70.5 Å². The number of aryl methyl sites for hydroxylation is 1. The molecule has 2 N–H and O–H groups in total. The first kappa shape index (κ1) is 22.0. The van der Waals surface area contributed by atoms with Crippen LogP contribution in [0.5, 0.6) is 0 Å². The number of benzene rings is 1. The van der Waals surface area contributed by atoms with Gasteiger partial charge in [-0.2, -0.15) is 0 Å². The van der Waals surface area contributed by atoms with Crippen LogP contribution in [0.4, 0.5) is 11.6 Å². The van der Waals surface area contributed by atoms with Gasteiger partial charge >= 0.3 is 0 Å². The Labute approximate surface area is 191 Å². The lowest BCUT2D eigenvalue weighted by molar-refractivity contribution is -0.0147. The molecule has 1 aromatic heterocycles. The van der Waals surface area contributed by atoms with E-state index in [9.17, 15) is 5.11 Å². The largest absolute Gasteiger partial charge is 0.395 e. The summed E-state index contributed by atoms with van der Waals surface area (Å²) in [6.07, 6.45) is 4.31. The zero-order chi connectivity index (χ0) is 21.1. The Morgan fingerprint density at radius 2 is 2.03 bits per heavy atom. The van der Waals surface area contributed by atoms with E-state index < -0.39 is 0 Å². The molecule has 2 saturated heterocycles. The SMILES string of the molecule is Cc1nc(N2CCC3(CCCO3)CC2)c(NCCO)nc1Sc1cccc(Cl)c1Cl. The summed E-state index contributed by atoms with van der Waals surface area (Å²) >= 11 is 14.0. The van der Waals surface area contributed by atoms with E-state index >= 15 is 0 Å². The molecule has 1 aromatic carbocycles. The van der Waals surface area contributed by atoms with E-state index in [0.29, 0.717) is 22.4 Å². The number of anilines is 2. The highest BCUT2D eigenvalue weighted by Gasteiger charge is 2.39. The van der Waals surface area contributed by atoms with Crippen molar-refractivity contribution in [1.82, 2.24) is 9.97 Å². The van der Waals surface area contributed by atoms with Crippen LogP contribution in [0.2, 0.25) is 10.0 Å². The lowest BCUT2D eigenvalue weighted by atomic mass is 9.89. The van der Waals surface area contributed by atoms with E-state index in [1.807, 2.05) is 19.1 Å². The number of rotatable bonds is 6. The fraction of sp³-hybridized carbons (Fsp3) is 0.524. The Kier molecular flexibility index (Phi) is 6.95. The number of aromatic nitrogens is 2. The maximum atomic E-state index is 9.32. The first-order valence-electron chi connectivity index (χ1n) is 10.3. The third-order valence-corrected chi connectivity index (χ3v) is 7.77. The second-order valence-electron chi connectivity index (χ2n) is 7.71. The van der Waals surface area contributed by atoms with Gasteiger partial charge in [-0.15, -0.1) is 0 Å². The Morgan fingerprint density at radius 1 is 1.23 bits per heavy atom. The highest BCUT2D eigenvalue weighted by atomic mass is 35.5. The summed E-state index contributed by atoms with van der Waals surface area (Å²) in [5.74, 6) is 1.51. The van der Waals surface area contributed by atoms with Crippen LogP contribution in [0, 0.1) is 6.92 Å². The normalized spacial score (nSPS) is 18.2. The van der Waals surface area contributed by atoms with Gasteiger partial charge in [-0.05, 0) is 44.7 Å². The van der Waals surface area contributed by atoms with Crippen molar-refractivity contribution in [3.63, 3.8) is 0 Å². The quantitative estimate of drug-likeness (QED) is 0.630. The lowest BCUT2D eigenvalue weighted by Gasteiger charge is -2.39. The molecule has 0 amide bonds. The molecule has 2 aromatic rings. The van der Waals surface area contributed by atoms with Crippen molar-refractivity contribution in [2.75, 3.05) is 43.1 Å². The van der Waals surface area contributed by atoms with Gasteiger partial charge in [-0.1, -0.05) is 41.0 Å². The minimum absolute atomic E-state index is 0.0224. The van der Waals surface area contributed by atoms with Gasteiger partial charge in [0.1, 0.15) is 5.03 Å². The first-order valence-corrected chi connectivity index (χ1v) is 11.8. The van der Waals surface area contributed by atoms with Crippen LogP contribution in [-0.2, 0) is 4.74 Å². The van der Waals surface area contributed by atoms with Gasteiger partial charge in [0.25, 0.3) is 0 Å². The van der Waals surface area contributed by atoms with Gasteiger partial charge < -0.3 is 20.1 Å². The molecule has 0 unspecified atom stereocenters. The van der Waals surface area contributed by atoms with Gasteiger partial charge in [0.2, 0.25) is 0 Å². The third-order valence-electron chi connectivity index (χ3n) is 5.69. The zero-order valence-corrected chi connectivity index (χ0v) is 19.3. The molecule has 162 valence electrons. The van der Waals surface area contributed by atoms with E-state index in [1.165, 1.54) is 11.8 Å². The number of aliphatic hydroxyl groups is 1. The van der Waals surface area contributed by atoms with Crippen LogP contribution >= 0.6 is 35.0 Å². The molecule has 0 bridgehead atoms. The van der Waals surface area contributed by atoms with Crippen LogP contribution in [0.25, 0.3) is 0 Å². The maximum absolute atomic E-state index is 9.32. The van der Waals surface area contributed by atoms with Crippen molar-refractivity contribution in [1.29, 1.82) is 0 Å². The summed E-state index contributed by atoms with van der Waals surface area (Å²) < 4.78 is 6.05. The fourth-order valence-electron chi connectivity index (χ4n) is 4.04. The van der Waals surface area contributed by atoms with Crippen molar-refractivity contribution in [2.24, 2.45) is 0 Å². The molecular weight excluding hydrogens is 443 g/mol. The Bertz CT molecular complexity index is 899. The molecule has 30 heavy (non-hydrogen) atoms. The van der Waals surface area contributed by atoms with Crippen LogP contribution in [0.3, 0.4) is 0 Å². The van der Waals surface area contributed by atoms with Gasteiger partial charge in [-0.25, -0.2) is 9.97 Å². The number of ether oxygens (including phenoxy) is 1. The number of hydrogen-bond acceptors (Lipinski definition) is 7. The molecule has 6 nitrogen and oxygen atoms in total. The summed E-state index contributed by atoms with van der Waals surface area (Å²) in [5.41, 5.74) is 0.884. The van der Waals surface area contributed by atoms with Gasteiger partial charge in [0.15, 0.2) is 11.6 Å². The van der Waals surface area contributed by atoms with Crippen molar-refractivity contribution in [3.8, 4) is 0 Å². The average molecular weight is 469 g/mol. The average Bonchev–Trinajstić information content (AvgIpc) is 3.20. The molecule has 4 rings (SSSR count). The molecular formula is C21H26Cl2N4O2S. The number of halogens is 2. The maximum Gasteiger partial charge on any atom is 0.172 e. The lowest BCUT2D eigenvalue weighted by Crippen LogP contribution is -2.44. The molecule has 0 radical (unpaired) electrons. The van der Waals surface area contributed by atoms with Crippen LogP contribution in [0.1, 0.15) is 31.4 Å². The van der Waals surface area contributed by atoms with Crippen LogP contribution in [0.15, 0.2) is 28.1 Å². The molecule has 0 aliphatic carbocycles. The van der Waals surface area contributed by atoms with Crippen molar-refractivity contribution >= 4 is 46.6 Å². The van der Waals surface area contributed by atoms with Gasteiger partial charge in [0.05, 0.1) is 27.9 Å². The fourth-order valence-corrected chi connectivity index (χ4v) is 5.40. The summed E-state index contributed by atoms with van der Waals surface area (Å²) in [6.45, 7) is 5.03. The van der Waals surface area contributed by atoms with Crippen molar-refractivity contribution in [3.05, 3.63) is 33.9 Å². The summed E-state index contributed by atoms with van der Waals surface area (Å²) in [5, 5.41) is 14.3. The predicted octanol–water partition coefficient (Wildman–Crippen LogP) is 4.80. The molecule has 2 aliphatic heterocycles. The minimum Gasteiger partial charge on any atom is -0.395 e. The number of aliphatic hydroxyl groups excluding tert-OH is 1. The number of nitrogens with zero attached hydrogens (tertiary/aromatic N) is 3. The summed E-state index contributed by atoms with van der Waals surface area (Å²) in [7, 11) is 0. The second-order valence-corrected chi connectivity index (χ2v) is 9.53. The zero-order valence-electron chi connectivity index (χ0n) is 17.0. The molecule has 0 atom stereocenters. The standard InChI is InChI=1S/C21H26Cl2N4O2S/c1-14-20(30-16-5-2-4-15(22)17(16)23)26-18(24-9-12-28)19(25-14)27-10-7-21(8-11-27)6-3-13-29-21/h2,4-5,28H,3,6-13H2,1H3,(H,24,26). The number of hydrogen-bond donors (Lipinski definition) is 2. The summed E-state index contributed by atoms with van der Waals surface area (Å²) in [6, 6.07) is 5.55. The van der Waals surface area contributed by atoms with Crippen LogP contribution in [-0.4, -0.2) is 53.5 Å². The van der Waals surface area contributed by atoms with Gasteiger partial charge in [-0.3, -0.25) is 0 Å². The number of nitrogens with one attached hydrogen (secondary N) is 1. The van der Waals surface area contributed by atoms with E-state index in [4.69, 9.17) is 37.9 Å². The van der Waals surface area contributed by atoms with E-state index in [0.717, 1.165) is 66.8 Å². The molecule has 0 saturated carbocycles. The van der Waals surface area contributed by atoms with E-state index in [2.05, 4.69) is 10.2 Å². The predicted molar refractivity (Wildman–Crippen MR) is 122 cm³/mol. The Balaban J connectivity index is 1.59. The highest BCUT2D eigenvalue weighted by Crippen LogP contribution is 2.40. The highest BCUT2D eigenvalue weighted by molar-refractivity contribution is 7.99. The molecule has 9 heteroatoms. The van der Waals surface area contributed by atoms with Crippen molar-refractivity contribution in [2.45, 2.75) is 48.1 Å². The van der Waals surface area contributed by atoms with Crippen LogP contribution < -0.4 is 10.2 Å². The number of piperidine rings is 1. The Morgan fingerprint density at radius 3 is 2.73 bits per heavy atom. The smallest absolute Gasteiger partial charge is 0.172 e. The molecule has 2 aliphatic rings. The Hall–Kier alpha value is -1.25. The van der Waals surface area contributed by atoms with Crippen molar-refractivity contribution < 1.29 is 9.84 Å². The van der Waals surface area contributed by atoms with Gasteiger partial charge in [0, 0.05) is 31.1 Å². The monoisotopic (exact) mass is 468 g/mol. The minimum atomic E-state index is 0.0224. The molecule has 2 fully saturated rings. The first-order chi connectivity index (χ1) is 14.5. The molecule has 3 heterocycles.